The van der Waals surface area contributed by atoms with Crippen LogP contribution >= 0.6 is 12.2 Å². The molecule has 0 saturated heterocycles. The van der Waals surface area contributed by atoms with Gasteiger partial charge in [0.15, 0.2) is 22.2 Å². The number of halogens is 3. The topological polar surface area (TPSA) is 124 Å². The SMILES string of the molecule is O=C(Cc1cc(=O)[nH]c(=S)[nH]1)NNS(=O)(=O)c1ccc(F)c(F)c1F. The first kappa shape index (κ1) is 18.8. The molecular weight excluding hydrogens is 385 g/mol. The number of benzene rings is 1. The van der Waals surface area contributed by atoms with Gasteiger partial charge in [0.25, 0.3) is 15.6 Å². The lowest BCUT2D eigenvalue weighted by Crippen LogP contribution is -2.42. The van der Waals surface area contributed by atoms with Gasteiger partial charge in [0.2, 0.25) is 5.91 Å². The highest BCUT2D eigenvalue weighted by molar-refractivity contribution is 7.89. The van der Waals surface area contributed by atoms with Crippen LogP contribution in [0.15, 0.2) is 27.9 Å². The van der Waals surface area contributed by atoms with Crippen molar-refractivity contribution in [1.82, 2.24) is 20.2 Å². The number of aromatic nitrogens is 2. The third kappa shape index (κ3) is 4.52. The van der Waals surface area contributed by atoms with E-state index in [1.807, 2.05) is 0 Å². The van der Waals surface area contributed by atoms with E-state index in [9.17, 15) is 31.2 Å². The molecule has 0 radical (unpaired) electrons. The van der Waals surface area contributed by atoms with Crippen LogP contribution in [0.25, 0.3) is 0 Å². The minimum atomic E-state index is -4.70. The summed E-state index contributed by atoms with van der Waals surface area (Å²) in [5.74, 6) is -6.39. The summed E-state index contributed by atoms with van der Waals surface area (Å²) in [6.45, 7) is 0. The first-order chi connectivity index (χ1) is 11.6. The molecule has 1 aromatic carbocycles. The number of hydrazine groups is 1. The van der Waals surface area contributed by atoms with E-state index in [0.29, 0.717) is 12.1 Å². The summed E-state index contributed by atoms with van der Waals surface area (Å²) in [4.78, 5) is 28.0. The smallest absolute Gasteiger partial charge is 0.260 e. The Morgan fingerprint density at radius 2 is 1.84 bits per heavy atom. The lowest BCUT2D eigenvalue weighted by atomic mass is 10.3. The number of hydrogen-bond donors (Lipinski definition) is 4. The quantitative estimate of drug-likeness (QED) is 0.332. The van der Waals surface area contributed by atoms with E-state index in [2.05, 4.69) is 9.97 Å². The second kappa shape index (κ2) is 7.16. The minimum Gasteiger partial charge on any atom is -0.335 e. The van der Waals surface area contributed by atoms with E-state index < -0.39 is 50.3 Å². The predicted molar refractivity (Wildman–Crippen MR) is 80.7 cm³/mol. The highest BCUT2D eigenvalue weighted by Crippen LogP contribution is 2.19. The number of carbonyl (C=O) groups excluding carboxylic acids is 1. The monoisotopic (exact) mass is 394 g/mol. The fourth-order valence-electron chi connectivity index (χ4n) is 1.73. The number of amides is 1. The number of rotatable bonds is 5. The number of aromatic amines is 2. The minimum absolute atomic E-state index is 0.0419. The highest BCUT2D eigenvalue weighted by Gasteiger charge is 2.24. The Bertz CT molecular complexity index is 1020. The normalized spacial score (nSPS) is 11.3. The molecule has 134 valence electrons. The second-order valence-electron chi connectivity index (χ2n) is 4.62. The fourth-order valence-corrected chi connectivity index (χ4v) is 2.89. The summed E-state index contributed by atoms with van der Waals surface area (Å²) >= 11 is 4.70. The van der Waals surface area contributed by atoms with E-state index in [0.717, 1.165) is 6.07 Å². The molecule has 1 aromatic heterocycles. The summed E-state index contributed by atoms with van der Waals surface area (Å²) < 4.78 is 63.1. The molecule has 0 unspecified atom stereocenters. The van der Waals surface area contributed by atoms with Crippen LogP contribution in [-0.2, 0) is 21.2 Å². The van der Waals surface area contributed by atoms with Crippen LogP contribution in [0.4, 0.5) is 13.2 Å². The summed E-state index contributed by atoms with van der Waals surface area (Å²) in [5.41, 5.74) is 1.26. The van der Waals surface area contributed by atoms with Crippen molar-refractivity contribution < 1.29 is 26.4 Å². The molecule has 0 saturated carbocycles. The largest absolute Gasteiger partial charge is 0.335 e. The van der Waals surface area contributed by atoms with Crippen molar-refractivity contribution in [3.8, 4) is 0 Å². The molecule has 4 N–H and O–H groups in total. The summed E-state index contributed by atoms with van der Waals surface area (Å²) in [6.07, 6.45) is -0.462. The summed E-state index contributed by atoms with van der Waals surface area (Å²) in [6, 6.07) is 1.94. The van der Waals surface area contributed by atoms with Crippen molar-refractivity contribution in [2.24, 2.45) is 0 Å². The number of H-pyrrole nitrogens is 2. The van der Waals surface area contributed by atoms with Gasteiger partial charge in [-0.25, -0.2) is 21.6 Å². The van der Waals surface area contributed by atoms with Crippen molar-refractivity contribution in [1.29, 1.82) is 0 Å². The van der Waals surface area contributed by atoms with Gasteiger partial charge in [-0.05, 0) is 24.4 Å². The van der Waals surface area contributed by atoms with Crippen LogP contribution in [0, 0.1) is 22.2 Å². The third-order valence-electron chi connectivity index (χ3n) is 2.78. The molecule has 0 bridgehead atoms. The van der Waals surface area contributed by atoms with Gasteiger partial charge in [0, 0.05) is 11.8 Å². The highest BCUT2D eigenvalue weighted by atomic mass is 32.2. The van der Waals surface area contributed by atoms with Gasteiger partial charge in [0.1, 0.15) is 4.90 Å². The van der Waals surface area contributed by atoms with Gasteiger partial charge in [-0.3, -0.25) is 20.0 Å². The Morgan fingerprint density at radius 1 is 1.16 bits per heavy atom. The average molecular weight is 394 g/mol. The van der Waals surface area contributed by atoms with Gasteiger partial charge >= 0.3 is 0 Å². The van der Waals surface area contributed by atoms with Crippen molar-refractivity contribution >= 4 is 28.1 Å². The Balaban J connectivity index is 2.12. The van der Waals surface area contributed by atoms with Crippen molar-refractivity contribution in [3.63, 3.8) is 0 Å². The van der Waals surface area contributed by atoms with E-state index in [-0.39, 0.29) is 10.5 Å². The van der Waals surface area contributed by atoms with Crippen LogP contribution in [0.5, 0.6) is 0 Å². The molecule has 0 spiro atoms. The molecule has 2 aromatic rings. The van der Waals surface area contributed by atoms with Crippen LogP contribution < -0.4 is 15.8 Å². The molecule has 1 heterocycles. The van der Waals surface area contributed by atoms with E-state index >= 15 is 0 Å². The van der Waals surface area contributed by atoms with Gasteiger partial charge in [-0.1, -0.05) is 0 Å². The third-order valence-corrected chi connectivity index (χ3v) is 4.25. The predicted octanol–water partition coefficient (Wildman–Crippen LogP) is 0.402. The van der Waals surface area contributed by atoms with Crippen LogP contribution in [-0.4, -0.2) is 24.3 Å². The first-order valence-electron chi connectivity index (χ1n) is 6.37. The maximum absolute atomic E-state index is 13.5. The number of nitrogens with one attached hydrogen (secondary N) is 4. The number of hydrogen-bond acceptors (Lipinski definition) is 5. The Morgan fingerprint density at radius 3 is 2.48 bits per heavy atom. The van der Waals surface area contributed by atoms with Gasteiger partial charge in [-0.2, -0.15) is 0 Å². The maximum Gasteiger partial charge on any atom is 0.260 e. The molecule has 0 aliphatic rings. The summed E-state index contributed by atoms with van der Waals surface area (Å²) in [5, 5.41) is 0. The van der Waals surface area contributed by atoms with E-state index in [1.54, 1.807) is 5.43 Å². The van der Waals surface area contributed by atoms with Crippen molar-refractivity contribution in [2.45, 2.75) is 11.3 Å². The molecule has 1 amide bonds. The molecule has 0 atom stereocenters. The average Bonchev–Trinajstić information content (AvgIpc) is 2.49. The first-order valence-corrected chi connectivity index (χ1v) is 8.26. The molecule has 8 nitrogen and oxygen atoms in total. The van der Waals surface area contributed by atoms with E-state index in [1.165, 1.54) is 4.83 Å². The zero-order valence-electron chi connectivity index (χ0n) is 12.0. The van der Waals surface area contributed by atoms with Gasteiger partial charge < -0.3 is 4.98 Å². The maximum atomic E-state index is 13.5. The molecule has 13 heteroatoms. The zero-order chi connectivity index (χ0) is 18.8. The van der Waals surface area contributed by atoms with Crippen LogP contribution in [0.2, 0.25) is 0 Å². The molecular formula is C12H9F3N4O4S2. The van der Waals surface area contributed by atoms with Crippen LogP contribution in [0.3, 0.4) is 0 Å². The molecule has 0 aliphatic carbocycles. The van der Waals surface area contributed by atoms with Crippen molar-refractivity contribution in [2.75, 3.05) is 0 Å². The lowest BCUT2D eigenvalue weighted by molar-refractivity contribution is -0.120. The standard InChI is InChI=1S/C12H9F3N4O4S2/c13-6-1-2-7(11(15)10(6)14)25(22,23)19-18-9(21)4-5-3-8(20)17-12(24)16-5/h1-3,19H,4H2,(H,18,21)(H2,16,17,20,24). The zero-order valence-corrected chi connectivity index (χ0v) is 13.7. The number of sulfonamides is 1. The summed E-state index contributed by atoms with van der Waals surface area (Å²) in [7, 11) is -4.70. The van der Waals surface area contributed by atoms with E-state index in [4.69, 9.17) is 12.2 Å². The second-order valence-corrected chi connectivity index (χ2v) is 6.68. The molecule has 25 heavy (non-hydrogen) atoms. The van der Waals surface area contributed by atoms with Gasteiger partial charge in [0.05, 0.1) is 6.42 Å². The number of carbonyl (C=O) groups is 1. The van der Waals surface area contributed by atoms with Crippen molar-refractivity contribution in [3.05, 3.63) is 56.5 Å². The lowest BCUT2D eigenvalue weighted by Gasteiger charge is -2.09. The molecule has 0 aliphatic heterocycles. The van der Waals surface area contributed by atoms with Crippen LogP contribution in [0.1, 0.15) is 5.69 Å². The fraction of sp³-hybridized carbons (Fsp3) is 0.0833. The molecule has 2 rings (SSSR count). The molecule has 0 fully saturated rings. The Labute approximate surface area is 143 Å². The van der Waals surface area contributed by atoms with Gasteiger partial charge in [-0.15, -0.1) is 4.83 Å². The Hall–Kier alpha value is -2.51. The Kier molecular flexibility index (Phi) is 5.39.